The molecule has 2 aromatic rings. The predicted molar refractivity (Wildman–Crippen MR) is 89.8 cm³/mol. The molecule has 0 aliphatic carbocycles. The van der Waals surface area contributed by atoms with Gasteiger partial charge < -0.3 is 4.74 Å². The van der Waals surface area contributed by atoms with Crippen molar-refractivity contribution in [2.45, 2.75) is 24.3 Å². The summed E-state index contributed by atoms with van der Waals surface area (Å²) in [6.07, 6.45) is 0.400. The first-order valence-electron chi connectivity index (χ1n) is 7.97. The van der Waals surface area contributed by atoms with Crippen LogP contribution in [-0.4, -0.2) is 31.8 Å². The summed E-state index contributed by atoms with van der Waals surface area (Å²) in [5, 5.41) is 0. The third kappa shape index (κ3) is 3.29. The summed E-state index contributed by atoms with van der Waals surface area (Å²) in [5.74, 6) is -1.22. The lowest BCUT2D eigenvalue weighted by Crippen LogP contribution is -2.44. The third-order valence-corrected chi connectivity index (χ3v) is 6.03. The molecule has 0 bridgehead atoms. The Balaban J connectivity index is 2.11. The summed E-state index contributed by atoms with van der Waals surface area (Å²) < 4.78 is 46.0. The van der Waals surface area contributed by atoms with Gasteiger partial charge in [-0.05, 0) is 48.7 Å². The SMILES string of the molecule is CCOC(=O)C1c2cc(F)ccc2CCN1S(=O)(=O)c1ccccc1. The largest absolute Gasteiger partial charge is 0.465 e. The van der Waals surface area contributed by atoms with Gasteiger partial charge in [0.15, 0.2) is 0 Å². The fourth-order valence-corrected chi connectivity index (χ4v) is 4.60. The molecule has 0 fully saturated rings. The maximum absolute atomic E-state index is 13.7. The zero-order valence-corrected chi connectivity index (χ0v) is 14.5. The number of hydrogen-bond donors (Lipinski definition) is 0. The molecule has 0 radical (unpaired) electrons. The second-order valence-corrected chi connectivity index (χ2v) is 7.57. The lowest BCUT2D eigenvalue weighted by atomic mass is 9.94. The first-order valence-corrected chi connectivity index (χ1v) is 9.41. The highest BCUT2D eigenvalue weighted by Crippen LogP contribution is 2.35. The number of ether oxygens (including phenoxy) is 1. The second kappa shape index (κ2) is 6.93. The van der Waals surface area contributed by atoms with Crippen molar-refractivity contribution < 1.29 is 22.3 Å². The molecular weight excluding hydrogens is 345 g/mol. The summed E-state index contributed by atoms with van der Waals surface area (Å²) in [5.41, 5.74) is 1.09. The van der Waals surface area contributed by atoms with Gasteiger partial charge in [-0.2, -0.15) is 4.31 Å². The number of carbonyl (C=O) groups is 1. The molecule has 2 aromatic carbocycles. The molecule has 7 heteroatoms. The van der Waals surface area contributed by atoms with E-state index in [0.29, 0.717) is 12.0 Å². The highest BCUT2D eigenvalue weighted by atomic mass is 32.2. The van der Waals surface area contributed by atoms with E-state index in [0.717, 1.165) is 9.87 Å². The van der Waals surface area contributed by atoms with E-state index < -0.39 is 27.9 Å². The van der Waals surface area contributed by atoms with Crippen LogP contribution in [0, 0.1) is 5.82 Å². The molecule has 1 heterocycles. The number of halogens is 1. The number of fused-ring (bicyclic) bond motifs is 1. The van der Waals surface area contributed by atoms with Crippen molar-refractivity contribution in [3.8, 4) is 0 Å². The minimum Gasteiger partial charge on any atom is -0.465 e. The molecule has 1 aliphatic rings. The van der Waals surface area contributed by atoms with E-state index in [-0.39, 0.29) is 18.0 Å². The molecule has 5 nitrogen and oxygen atoms in total. The Labute approximate surface area is 146 Å². The second-order valence-electron chi connectivity index (χ2n) is 5.68. The molecule has 0 amide bonds. The summed E-state index contributed by atoms with van der Waals surface area (Å²) in [7, 11) is -3.92. The van der Waals surface area contributed by atoms with Crippen LogP contribution in [0.25, 0.3) is 0 Å². The maximum atomic E-state index is 13.7. The van der Waals surface area contributed by atoms with Crippen LogP contribution >= 0.6 is 0 Å². The van der Waals surface area contributed by atoms with Crippen molar-refractivity contribution in [1.29, 1.82) is 0 Å². The van der Waals surface area contributed by atoms with E-state index >= 15 is 0 Å². The molecule has 1 aliphatic heterocycles. The molecule has 3 rings (SSSR count). The number of sulfonamides is 1. The normalized spacial score (nSPS) is 17.8. The maximum Gasteiger partial charge on any atom is 0.329 e. The zero-order valence-electron chi connectivity index (χ0n) is 13.7. The molecule has 1 unspecified atom stereocenters. The molecule has 0 aromatic heterocycles. The van der Waals surface area contributed by atoms with Gasteiger partial charge in [0.25, 0.3) is 0 Å². The highest BCUT2D eigenvalue weighted by molar-refractivity contribution is 7.89. The van der Waals surface area contributed by atoms with Gasteiger partial charge in [0.05, 0.1) is 11.5 Å². The van der Waals surface area contributed by atoms with E-state index in [9.17, 15) is 17.6 Å². The van der Waals surface area contributed by atoms with Crippen LogP contribution in [0.15, 0.2) is 53.4 Å². The van der Waals surface area contributed by atoms with Crippen LogP contribution in [0.4, 0.5) is 4.39 Å². The van der Waals surface area contributed by atoms with Crippen molar-refractivity contribution in [1.82, 2.24) is 4.31 Å². The third-order valence-electron chi connectivity index (χ3n) is 4.15. The standard InChI is InChI=1S/C18H18FNO4S/c1-2-24-18(21)17-16-12-14(19)9-8-13(16)10-11-20(17)25(22,23)15-6-4-3-5-7-15/h3-9,12,17H,2,10-11H2,1H3. The predicted octanol–water partition coefficient (Wildman–Crippen LogP) is 2.68. The van der Waals surface area contributed by atoms with Crippen LogP contribution in [0.5, 0.6) is 0 Å². The summed E-state index contributed by atoms with van der Waals surface area (Å²) >= 11 is 0. The van der Waals surface area contributed by atoms with Gasteiger partial charge in [-0.1, -0.05) is 24.3 Å². The average molecular weight is 363 g/mol. The molecule has 0 saturated heterocycles. The minimum absolute atomic E-state index is 0.0872. The molecule has 1 atom stereocenters. The van der Waals surface area contributed by atoms with Crippen LogP contribution in [0.2, 0.25) is 0 Å². The Hall–Kier alpha value is -2.25. The number of benzene rings is 2. The summed E-state index contributed by atoms with van der Waals surface area (Å²) in [6, 6.07) is 10.8. The number of nitrogens with zero attached hydrogens (tertiary/aromatic N) is 1. The van der Waals surface area contributed by atoms with Gasteiger partial charge >= 0.3 is 5.97 Å². The topological polar surface area (TPSA) is 63.7 Å². The molecular formula is C18H18FNO4S. The smallest absolute Gasteiger partial charge is 0.329 e. The van der Waals surface area contributed by atoms with Crippen LogP contribution in [-0.2, 0) is 26.0 Å². The molecule has 132 valence electrons. The number of hydrogen-bond acceptors (Lipinski definition) is 4. The number of carbonyl (C=O) groups excluding carboxylic acids is 1. The molecule has 0 N–H and O–H groups in total. The molecule has 0 saturated carbocycles. The molecule has 25 heavy (non-hydrogen) atoms. The van der Waals surface area contributed by atoms with Gasteiger partial charge in [0.2, 0.25) is 10.0 Å². The lowest BCUT2D eigenvalue weighted by molar-refractivity contribution is -0.148. The van der Waals surface area contributed by atoms with Crippen LogP contribution in [0.1, 0.15) is 24.1 Å². The van der Waals surface area contributed by atoms with Crippen LogP contribution in [0.3, 0.4) is 0 Å². The number of rotatable bonds is 4. The van der Waals surface area contributed by atoms with E-state index in [1.165, 1.54) is 24.3 Å². The van der Waals surface area contributed by atoms with E-state index in [1.54, 1.807) is 31.2 Å². The molecule has 0 spiro atoms. The summed E-state index contributed by atoms with van der Waals surface area (Å²) in [4.78, 5) is 12.6. The van der Waals surface area contributed by atoms with Gasteiger partial charge in [-0.3, -0.25) is 0 Å². The fourth-order valence-electron chi connectivity index (χ4n) is 3.02. The Bertz CT molecular complexity index is 883. The Morgan fingerprint density at radius 2 is 1.96 bits per heavy atom. The van der Waals surface area contributed by atoms with E-state index in [4.69, 9.17) is 4.74 Å². The van der Waals surface area contributed by atoms with Gasteiger partial charge in [0.1, 0.15) is 11.9 Å². The monoisotopic (exact) mass is 363 g/mol. The van der Waals surface area contributed by atoms with Crippen molar-refractivity contribution in [2.75, 3.05) is 13.2 Å². The Morgan fingerprint density at radius 3 is 2.64 bits per heavy atom. The lowest BCUT2D eigenvalue weighted by Gasteiger charge is -2.34. The van der Waals surface area contributed by atoms with Gasteiger partial charge in [-0.15, -0.1) is 0 Å². The van der Waals surface area contributed by atoms with Crippen molar-refractivity contribution in [3.05, 3.63) is 65.5 Å². The Kier molecular flexibility index (Phi) is 4.87. The van der Waals surface area contributed by atoms with Gasteiger partial charge in [0, 0.05) is 6.54 Å². The minimum atomic E-state index is -3.92. The highest BCUT2D eigenvalue weighted by Gasteiger charge is 2.41. The van der Waals surface area contributed by atoms with E-state index in [2.05, 4.69) is 0 Å². The average Bonchev–Trinajstić information content (AvgIpc) is 2.61. The fraction of sp³-hybridized carbons (Fsp3) is 0.278. The zero-order chi connectivity index (χ0) is 18.0. The first-order chi connectivity index (χ1) is 11.9. The summed E-state index contributed by atoms with van der Waals surface area (Å²) in [6.45, 7) is 1.88. The van der Waals surface area contributed by atoms with Gasteiger partial charge in [-0.25, -0.2) is 17.6 Å². The Morgan fingerprint density at radius 1 is 1.24 bits per heavy atom. The first kappa shape index (κ1) is 17.6. The van der Waals surface area contributed by atoms with Crippen molar-refractivity contribution >= 4 is 16.0 Å². The van der Waals surface area contributed by atoms with E-state index in [1.807, 2.05) is 0 Å². The van der Waals surface area contributed by atoms with Crippen LogP contribution < -0.4 is 0 Å². The van der Waals surface area contributed by atoms with Crippen molar-refractivity contribution in [3.63, 3.8) is 0 Å². The quantitative estimate of drug-likeness (QED) is 0.784. The van der Waals surface area contributed by atoms with Crippen molar-refractivity contribution in [2.24, 2.45) is 0 Å². The number of esters is 1.